The topological polar surface area (TPSA) is 66.4 Å². The van der Waals surface area contributed by atoms with Crippen molar-refractivity contribution in [2.45, 2.75) is 29.9 Å². The van der Waals surface area contributed by atoms with E-state index < -0.39 is 11.2 Å². The van der Waals surface area contributed by atoms with Gasteiger partial charge in [0.15, 0.2) is 0 Å². The molecule has 0 spiro atoms. The number of carbonyl (C=O) groups excluding carboxylic acids is 1. The molecule has 126 valence electrons. The zero-order valence-electron chi connectivity index (χ0n) is 13.2. The van der Waals surface area contributed by atoms with Crippen molar-refractivity contribution in [2.75, 3.05) is 5.32 Å². The van der Waals surface area contributed by atoms with Gasteiger partial charge in [0.05, 0.1) is 0 Å². The smallest absolute Gasteiger partial charge is 0.316 e. The van der Waals surface area contributed by atoms with E-state index in [1.54, 1.807) is 36.4 Å². The summed E-state index contributed by atoms with van der Waals surface area (Å²) < 4.78 is 0. The summed E-state index contributed by atoms with van der Waals surface area (Å²) in [4.78, 5) is 24.2. The molecule has 0 aliphatic heterocycles. The lowest BCUT2D eigenvalue weighted by Gasteiger charge is -2.11. The number of carbonyl (C=O) groups is 2. The summed E-state index contributed by atoms with van der Waals surface area (Å²) in [5.41, 5.74) is 1.17. The minimum Gasteiger partial charge on any atom is -0.480 e. The minimum absolute atomic E-state index is 0.221. The molecule has 0 radical (unpaired) electrons. The standard InChI is InChI=1S/C18H18ClNO3S/c1-2-3-16(18(22)23)24-15-10-8-14(9-11-15)20-17(21)12-4-6-13(19)7-5-12/h4-11,16H,2-3H2,1H3,(H,20,21)(H,22,23). The summed E-state index contributed by atoms with van der Waals surface area (Å²) >= 11 is 7.12. The Kier molecular flexibility index (Phi) is 6.70. The summed E-state index contributed by atoms with van der Waals surface area (Å²) in [6.07, 6.45) is 1.44. The molecule has 2 aromatic rings. The van der Waals surface area contributed by atoms with Gasteiger partial charge in [0.1, 0.15) is 5.25 Å². The third kappa shape index (κ3) is 5.28. The van der Waals surface area contributed by atoms with Crippen LogP contribution >= 0.6 is 23.4 Å². The summed E-state index contributed by atoms with van der Waals surface area (Å²) in [6.45, 7) is 1.96. The molecule has 0 saturated heterocycles. The second-order valence-electron chi connectivity index (χ2n) is 5.22. The Morgan fingerprint density at radius 1 is 1.12 bits per heavy atom. The number of nitrogens with one attached hydrogen (secondary N) is 1. The van der Waals surface area contributed by atoms with Crippen molar-refractivity contribution in [3.63, 3.8) is 0 Å². The molecule has 0 bridgehead atoms. The normalized spacial score (nSPS) is 11.8. The second-order valence-corrected chi connectivity index (χ2v) is 6.93. The lowest BCUT2D eigenvalue weighted by molar-refractivity contribution is -0.136. The maximum absolute atomic E-state index is 12.1. The first-order valence-corrected chi connectivity index (χ1v) is 8.82. The Morgan fingerprint density at radius 3 is 2.29 bits per heavy atom. The highest BCUT2D eigenvalue weighted by atomic mass is 35.5. The van der Waals surface area contributed by atoms with E-state index in [1.807, 2.05) is 19.1 Å². The number of carboxylic acid groups (broad SMARTS) is 1. The van der Waals surface area contributed by atoms with Crippen molar-refractivity contribution < 1.29 is 14.7 Å². The van der Waals surface area contributed by atoms with E-state index in [2.05, 4.69) is 5.32 Å². The molecule has 6 heteroatoms. The van der Waals surface area contributed by atoms with Crippen molar-refractivity contribution >= 4 is 40.9 Å². The molecule has 0 saturated carbocycles. The number of aliphatic carboxylic acids is 1. The first-order valence-electron chi connectivity index (χ1n) is 7.56. The predicted octanol–water partition coefficient (Wildman–Crippen LogP) is 4.94. The molecule has 1 unspecified atom stereocenters. The van der Waals surface area contributed by atoms with Crippen LogP contribution in [0.4, 0.5) is 5.69 Å². The van der Waals surface area contributed by atoms with E-state index in [1.165, 1.54) is 11.8 Å². The van der Waals surface area contributed by atoms with Gasteiger partial charge in [-0.1, -0.05) is 24.9 Å². The largest absolute Gasteiger partial charge is 0.480 e. The van der Waals surface area contributed by atoms with Gasteiger partial charge in [-0.3, -0.25) is 9.59 Å². The molecule has 0 aliphatic rings. The first kappa shape index (κ1) is 18.4. The number of rotatable bonds is 7. The van der Waals surface area contributed by atoms with Gasteiger partial charge in [0, 0.05) is 21.2 Å². The van der Waals surface area contributed by atoms with Crippen molar-refractivity contribution in [1.82, 2.24) is 0 Å². The van der Waals surface area contributed by atoms with E-state index in [0.717, 1.165) is 11.3 Å². The first-order chi connectivity index (χ1) is 11.5. The van der Waals surface area contributed by atoms with Crippen LogP contribution in [0.15, 0.2) is 53.4 Å². The number of anilines is 1. The van der Waals surface area contributed by atoms with Gasteiger partial charge in [0.2, 0.25) is 0 Å². The van der Waals surface area contributed by atoms with E-state index in [4.69, 9.17) is 11.6 Å². The molecule has 24 heavy (non-hydrogen) atoms. The Labute approximate surface area is 150 Å². The fourth-order valence-corrected chi connectivity index (χ4v) is 3.28. The van der Waals surface area contributed by atoms with Crippen LogP contribution in [0, 0.1) is 0 Å². The molecule has 2 rings (SSSR count). The van der Waals surface area contributed by atoms with Gasteiger partial charge < -0.3 is 10.4 Å². The van der Waals surface area contributed by atoms with E-state index in [9.17, 15) is 14.7 Å². The molecule has 2 aromatic carbocycles. The monoisotopic (exact) mass is 363 g/mol. The minimum atomic E-state index is -0.804. The van der Waals surface area contributed by atoms with Crippen LogP contribution in [-0.2, 0) is 4.79 Å². The third-order valence-corrected chi connectivity index (χ3v) is 4.84. The average Bonchev–Trinajstić information content (AvgIpc) is 2.56. The van der Waals surface area contributed by atoms with Gasteiger partial charge in [-0.15, -0.1) is 11.8 Å². The van der Waals surface area contributed by atoms with Crippen LogP contribution in [0.2, 0.25) is 5.02 Å². The van der Waals surface area contributed by atoms with Crippen LogP contribution < -0.4 is 5.32 Å². The molecule has 2 N–H and O–H groups in total. The number of thioether (sulfide) groups is 1. The van der Waals surface area contributed by atoms with Crippen molar-refractivity contribution in [2.24, 2.45) is 0 Å². The van der Waals surface area contributed by atoms with Gasteiger partial charge in [-0.25, -0.2) is 0 Å². The number of benzene rings is 2. The summed E-state index contributed by atoms with van der Waals surface area (Å²) in [5, 5.41) is 12.1. The quantitative estimate of drug-likeness (QED) is 0.684. The zero-order chi connectivity index (χ0) is 17.5. The van der Waals surface area contributed by atoms with Gasteiger partial charge in [-0.2, -0.15) is 0 Å². The number of hydrogen-bond acceptors (Lipinski definition) is 3. The van der Waals surface area contributed by atoms with E-state index >= 15 is 0 Å². The van der Waals surface area contributed by atoms with E-state index in [-0.39, 0.29) is 5.91 Å². The Hall–Kier alpha value is -1.98. The van der Waals surface area contributed by atoms with Crippen LogP contribution in [0.1, 0.15) is 30.1 Å². The zero-order valence-corrected chi connectivity index (χ0v) is 14.7. The maximum Gasteiger partial charge on any atom is 0.316 e. The van der Waals surface area contributed by atoms with Crippen LogP contribution in [0.25, 0.3) is 0 Å². The highest BCUT2D eigenvalue weighted by Crippen LogP contribution is 2.27. The Balaban J connectivity index is 2.00. The lowest BCUT2D eigenvalue weighted by Crippen LogP contribution is -2.15. The number of hydrogen-bond donors (Lipinski definition) is 2. The number of carboxylic acids is 1. The molecular formula is C18H18ClNO3S. The average molecular weight is 364 g/mol. The summed E-state index contributed by atoms with van der Waals surface area (Å²) in [7, 11) is 0. The van der Waals surface area contributed by atoms with Gasteiger partial charge in [-0.05, 0) is 55.0 Å². The molecule has 4 nitrogen and oxygen atoms in total. The fraction of sp³-hybridized carbons (Fsp3) is 0.222. The molecule has 1 amide bonds. The fourth-order valence-electron chi connectivity index (χ4n) is 2.08. The molecule has 0 fully saturated rings. The molecular weight excluding hydrogens is 346 g/mol. The molecule has 0 heterocycles. The van der Waals surface area contributed by atoms with E-state index in [0.29, 0.717) is 22.7 Å². The second kappa shape index (κ2) is 8.76. The molecule has 1 atom stereocenters. The number of amides is 1. The third-order valence-electron chi connectivity index (χ3n) is 3.32. The van der Waals surface area contributed by atoms with Crippen LogP contribution in [-0.4, -0.2) is 22.2 Å². The predicted molar refractivity (Wildman–Crippen MR) is 98.0 cm³/mol. The molecule has 0 aliphatic carbocycles. The maximum atomic E-state index is 12.1. The van der Waals surface area contributed by atoms with Crippen molar-refractivity contribution in [3.8, 4) is 0 Å². The van der Waals surface area contributed by atoms with Crippen molar-refractivity contribution in [3.05, 3.63) is 59.1 Å². The Morgan fingerprint density at radius 2 is 1.75 bits per heavy atom. The summed E-state index contributed by atoms with van der Waals surface area (Å²) in [6, 6.07) is 13.8. The Bertz CT molecular complexity index is 701. The van der Waals surface area contributed by atoms with Crippen LogP contribution in [0.3, 0.4) is 0 Å². The number of halogens is 1. The van der Waals surface area contributed by atoms with Gasteiger partial charge in [0.25, 0.3) is 5.91 Å². The SMILES string of the molecule is CCCC(Sc1ccc(NC(=O)c2ccc(Cl)cc2)cc1)C(=O)O. The highest BCUT2D eigenvalue weighted by Gasteiger charge is 2.17. The van der Waals surface area contributed by atoms with Gasteiger partial charge >= 0.3 is 5.97 Å². The van der Waals surface area contributed by atoms with Crippen LogP contribution in [0.5, 0.6) is 0 Å². The summed E-state index contributed by atoms with van der Waals surface area (Å²) in [5.74, 6) is -1.02. The van der Waals surface area contributed by atoms with Crippen molar-refractivity contribution in [1.29, 1.82) is 0 Å². The highest BCUT2D eigenvalue weighted by molar-refractivity contribution is 8.00. The lowest BCUT2D eigenvalue weighted by atomic mass is 10.2. The molecule has 0 aromatic heterocycles.